The van der Waals surface area contributed by atoms with Crippen LogP contribution in [0.4, 0.5) is 5.69 Å². The van der Waals surface area contributed by atoms with E-state index in [0.717, 1.165) is 30.7 Å². The first-order valence-electron chi connectivity index (χ1n) is 10.3. The maximum absolute atomic E-state index is 12.7. The minimum Gasteiger partial charge on any atom is -0.354 e. The number of guanidine groups is 1. The van der Waals surface area contributed by atoms with Gasteiger partial charge in [-0.05, 0) is 32.9 Å². The summed E-state index contributed by atoms with van der Waals surface area (Å²) in [6.45, 7) is 4.93. The number of amides is 1. The Balaban J connectivity index is 0.00000300. The van der Waals surface area contributed by atoms with E-state index in [9.17, 15) is 4.79 Å². The molecule has 2 fully saturated rings. The number of likely N-dealkylation sites (N-methyl/N-ethyl adjacent to an activating group) is 1. The second kappa shape index (κ2) is 10.1. The average molecular weight is 517 g/mol. The summed E-state index contributed by atoms with van der Waals surface area (Å²) in [4.78, 5) is 23.4. The summed E-state index contributed by atoms with van der Waals surface area (Å²) in [5.41, 5.74) is 1.01. The van der Waals surface area contributed by atoms with E-state index >= 15 is 0 Å². The Morgan fingerprint density at radius 3 is 2.72 bits per heavy atom. The summed E-state index contributed by atoms with van der Waals surface area (Å²) in [6.07, 6.45) is 8.59. The fourth-order valence-corrected chi connectivity index (χ4v) is 4.61. The zero-order valence-electron chi connectivity index (χ0n) is 18.4. The van der Waals surface area contributed by atoms with Crippen molar-refractivity contribution in [2.75, 3.05) is 52.2 Å². The van der Waals surface area contributed by atoms with Gasteiger partial charge >= 0.3 is 0 Å². The molecule has 0 bridgehead atoms. The highest BCUT2D eigenvalue weighted by molar-refractivity contribution is 14.0. The van der Waals surface area contributed by atoms with E-state index in [1.807, 2.05) is 13.2 Å². The summed E-state index contributed by atoms with van der Waals surface area (Å²) in [6, 6.07) is 0. The Bertz CT molecular complexity index is 719. The number of rotatable bonds is 4. The molecule has 29 heavy (non-hydrogen) atoms. The predicted octanol–water partition coefficient (Wildman–Crippen LogP) is 1.77. The van der Waals surface area contributed by atoms with Gasteiger partial charge in [-0.2, -0.15) is 5.10 Å². The molecule has 0 aromatic carbocycles. The third-order valence-electron chi connectivity index (χ3n) is 6.33. The number of carbonyl (C=O) groups excluding carboxylic acids is 1. The van der Waals surface area contributed by atoms with Crippen LogP contribution in [0.25, 0.3) is 0 Å². The Morgan fingerprint density at radius 2 is 2.17 bits per heavy atom. The molecule has 0 spiro atoms. The van der Waals surface area contributed by atoms with E-state index in [-0.39, 0.29) is 35.4 Å². The highest BCUT2D eigenvalue weighted by Gasteiger charge is 2.37. The molecule has 1 aliphatic heterocycles. The maximum Gasteiger partial charge on any atom is 0.246 e. The number of anilines is 1. The molecule has 2 atom stereocenters. The van der Waals surface area contributed by atoms with Gasteiger partial charge in [-0.1, -0.05) is 19.8 Å². The molecule has 2 heterocycles. The van der Waals surface area contributed by atoms with Gasteiger partial charge in [0.1, 0.15) is 6.54 Å². The monoisotopic (exact) mass is 517 g/mol. The minimum atomic E-state index is 0. The van der Waals surface area contributed by atoms with Gasteiger partial charge in [0.05, 0.1) is 11.9 Å². The van der Waals surface area contributed by atoms with Crippen molar-refractivity contribution in [3.63, 3.8) is 0 Å². The van der Waals surface area contributed by atoms with Crippen LogP contribution in [-0.2, 0) is 11.8 Å². The van der Waals surface area contributed by atoms with Gasteiger partial charge in [0, 0.05) is 45.5 Å². The average Bonchev–Trinajstić information content (AvgIpc) is 3.08. The Kier molecular flexibility index (Phi) is 8.33. The maximum atomic E-state index is 12.7. The van der Waals surface area contributed by atoms with Crippen molar-refractivity contribution in [1.82, 2.24) is 24.9 Å². The van der Waals surface area contributed by atoms with Crippen LogP contribution in [0.15, 0.2) is 17.4 Å². The highest BCUT2D eigenvalue weighted by Crippen LogP contribution is 2.35. The lowest BCUT2D eigenvalue weighted by Gasteiger charge is -2.46. The first kappa shape index (κ1) is 23.9. The molecule has 1 N–H and O–H groups in total. The molecule has 0 radical (unpaired) electrons. The topological polar surface area (TPSA) is 69.0 Å². The number of hydrogen-bond donors (Lipinski definition) is 1. The van der Waals surface area contributed by atoms with E-state index in [4.69, 9.17) is 0 Å². The number of aryl methyl sites for hydroxylation is 1. The van der Waals surface area contributed by atoms with Gasteiger partial charge in [0.2, 0.25) is 5.91 Å². The van der Waals surface area contributed by atoms with Crippen molar-refractivity contribution < 1.29 is 4.79 Å². The van der Waals surface area contributed by atoms with Gasteiger partial charge in [-0.15, -0.1) is 24.0 Å². The molecule has 164 valence electrons. The van der Waals surface area contributed by atoms with Crippen LogP contribution in [0.5, 0.6) is 0 Å². The van der Waals surface area contributed by atoms with E-state index in [2.05, 4.69) is 46.2 Å². The van der Waals surface area contributed by atoms with Crippen LogP contribution in [-0.4, -0.2) is 84.3 Å². The number of halogens is 1. The van der Waals surface area contributed by atoms with E-state index < -0.39 is 0 Å². The molecule has 3 rings (SSSR count). The molecule has 2 unspecified atom stereocenters. The number of aliphatic imine (C=N–C) groups is 1. The van der Waals surface area contributed by atoms with E-state index in [1.54, 1.807) is 22.8 Å². The van der Waals surface area contributed by atoms with E-state index in [0.29, 0.717) is 13.1 Å². The van der Waals surface area contributed by atoms with Gasteiger partial charge < -0.3 is 20.0 Å². The Hall–Kier alpha value is -1.36. The predicted molar refractivity (Wildman–Crippen MR) is 128 cm³/mol. The second-order valence-electron chi connectivity index (χ2n) is 8.56. The van der Waals surface area contributed by atoms with Gasteiger partial charge in [-0.3, -0.25) is 14.5 Å². The van der Waals surface area contributed by atoms with Crippen LogP contribution in [0.2, 0.25) is 0 Å². The van der Waals surface area contributed by atoms with Crippen LogP contribution < -0.4 is 10.2 Å². The Morgan fingerprint density at radius 1 is 1.41 bits per heavy atom. The Labute approximate surface area is 191 Å². The summed E-state index contributed by atoms with van der Waals surface area (Å²) >= 11 is 0. The lowest BCUT2D eigenvalue weighted by atomic mass is 9.75. The summed E-state index contributed by atoms with van der Waals surface area (Å²) in [5.74, 6) is 1.64. The molecule has 9 heteroatoms. The fourth-order valence-electron chi connectivity index (χ4n) is 4.61. The molecule has 1 aliphatic carbocycles. The zero-order valence-corrected chi connectivity index (χ0v) is 20.7. The van der Waals surface area contributed by atoms with Gasteiger partial charge in [0.15, 0.2) is 5.96 Å². The summed E-state index contributed by atoms with van der Waals surface area (Å²) in [7, 11) is 8.02. The SMILES string of the molecule is CN=C(NCC1(N(C)C)CCCC(C)C1)N1CCN(c2cnn(C)c2)C(=O)C1.I. The molecule has 8 nitrogen and oxygen atoms in total. The number of nitrogens with zero attached hydrogens (tertiary/aromatic N) is 6. The molecular weight excluding hydrogens is 481 g/mol. The van der Waals surface area contributed by atoms with Crippen LogP contribution in [0.3, 0.4) is 0 Å². The molecule has 1 saturated carbocycles. The summed E-state index contributed by atoms with van der Waals surface area (Å²) in [5, 5.41) is 7.75. The molecule has 1 amide bonds. The lowest BCUT2D eigenvalue weighted by molar-refractivity contribution is -0.120. The number of aromatic nitrogens is 2. The molecule has 1 saturated heterocycles. The number of hydrogen-bond acceptors (Lipinski definition) is 4. The normalized spacial score (nSPS) is 25.9. The molecule has 2 aliphatic rings. The third-order valence-corrected chi connectivity index (χ3v) is 6.33. The fraction of sp³-hybridized carbons (Fsp3) is 0.750. The second-order valence-corrected chi connectivity index (χ2v) is 8.56. The van der Waals surface area contributed by atoms with Gasteiger partial charge in [-0.25, -0.2) is 0 Å². The van der Waals surface area contributed by atoms with Crippen molar-refractivity contribution in [2.24, 2.45) is 18.0 Å². The van der Waals surface area contributed by atoms with Crippen molar-refractivity contribution in [1.29, 1.82) is 0 Å². The van der Waals surface area contributed by atoms with Crippen LogP contribution in [0.1, 0.15) is 32.6 Å². The van der Waals surface area contributed by atoms with Crippen LogP contribution >= 0.6 is 24.0 Å². The van der Waals surface area contributed by atoms with Crippen molar-refractivity contribution in [3.8, 4) is 0 Å². The van der Waals surface area contributed by atoms with Gasteiger partial charge in [0.25, 0.3) is 0 Å². The van der Waals surface area contributed by atoms with Crippen molar-refractivity contribution in [3.05, 3.63) is 12.4 Å². The first-order valence-corrected chi connectivity index (χ1v) is 10.3. The van der Waals surface area contributed by atoms with Crippen molar-refractivity contribution >= 4 is 41.5 Å². The van der Waals surface area contributed by atoms with Crippen molar-refractivity contribution in [2.45, 2.75) is 38.1 Å². The highest BCUT2D eigenvalue weighted by atomic mass is 127. The number of nitrogens with one attached hydrogen (secondary N) is 1. The third kappa shape index (κ3) is 5.42. The zero-order chi connectivity index (χ0) is 20.3. The largest absolute Gasteiger partial charge is 0.354 e. The summed E-state index contributed by atoms with van der Waals surface area (Å²) < 4.78 is 1.72. The molecule has 1 aromatic rings. The molecule has 1 aromatic heterocycles. The lowest BCUT2D eigenvalue weighted by Crippen LogP contribution is -2.59. The number of piperazine rings is 1. The minimum absolute atomic E-state index is 0. The van der Waals surface area contributed by atoms with Crippen LogP contribution in [0, 0.1) is 5.92 Å². The quantitative estimate of drug-likeness (QED) is 0.375. The first-order chi connectivity index (χ1) is 13.3. The smallest absolute Gasteiger partial charge is 0.246 e. The molecular formula is C20H36IN7O. The standard InChI is InChI=1S/C20H35N7O.HI/c1-16-7-6-8-20(11-16,24(3)4)15-22-19(21-2)26-9-10-27(18(28)14-26)17-12-23-25(5)13-17;/h12-13,16H,6-11,14-15H2,1-5H3,(H,21,22);1H. The van der Waals surface area contributed by atoms with E-state index in [1.165, 1.54) is 25.7 Å². The number of carbonyl (C=O) groups is 1.